The molecule has 28 heavy (non-hydrogen) atoms. The number of halogens is 2. The van der Waals surface area contributed by atoms with E-state index in [2.05, 4.69) is 10.6 Å². The quantitative estimate of drug-likeness (QED) is 0.603. The fourth-order valence-corrected chi connectivity index (χ4v) is 2.33. The molecule has 0 saturated carbocycles. The molecule has 0 aromatic heterocycles. The summed E-state index contributed by atoms with van der Waals surface area (Å²) >= 11 is 5.86. The molecule has 0 aliphatic rings. The van der Waals surface area contributed by atoms with Gasteiger partial charge in [0.2, 0.25) is 11.8 Å². The van der Waals surface area contributed by atoms with Gasteiger partial charge in [0.1, 0.15) is 12.4 Å². The molecule has 2 aromatic carbocycles. The van der Waals surface area contributed by atoms with Crippen molar-refractivity contribution in [1.82, 2.24) is 5.32 Å². The van der Waals surface area contributed by atoms with Gasteiger partial charge in [0.05, 0.1) is 12.6 Å². The lowest BCUT2D eigenvalue weighted by molar-refractivity contribution is -0.125. The Hall–Kier alpha value is -2.28. The molecule has 8 heteroatoms. The second-order valence-corrected chi connectivity index (χ2v) is 6.92. The van der Waals surface area contributed by atoms with Crippen molar-refractivity contribution in [2.24, 2.45) is 11.7 Å². The third-order valence-electron chi connectivity index (χ3n) is 3.88. The highest BCUT2D eigenvalue weighted by molar-refractivity contribution is 6.30. The highest BCUT2D eigenvalue weighted by Crippen LogP contribution is 2.19. The molecule has 0 radical (unpaired) electrons. The van der Waals surface area contributed by atoms with Crippen LogP contribution in [0, 0.1) is 5.92 Å². The van der Waals surface area contributed by atoms with E-state index in [-0.39, 0.29) is 36.7 Å². The molecule has 0 aliphatic carbocycles. The highest BCUT2D eigenvalue weighted by atomic mass is 35.5. The molecular formula is C20H25Cl2N3O3. The maximum Gasteiger partial charge on any atom is 0.243 e. The lowest BCUT2D eigenvalue weighted by Crippen LogP contribution is -2.46. The van der Waals surface area contributed by atoms with Crippen LogP contribution in [-0.2, 0) is 16.2 Å². The molecule has 0 spiro atoms. The van der Waals surface area contributed by atoms with Gasteiger partial charge in [0.25, 0.3) is 0 Å². The molecule has 0 bridgehead atoms. The van der Waals surface area contributed by atoms with Crippen LogP contribution in [0.5, 0.6) is 5.75 Å². The van der Waals surface area contributed by atoms with Crippen molar-refractivity contribution in [3.8, 4) is 5.75 Å². The number of ether oxygens (including phenoxy) is 1. The Bertz CT molecular complexity index is 783. The number of amides is 2. The Morgan fingerprint density at radius 2 is 1.82 bits per heavy atom. The van der Waals surface area contributed by atoms with Crippen LogP contribution < -0.4 is 21.1 Å². The number of nitrogens with one attached hydrogen (secondary N) is 2. The zero-order valence-corrected chi connectivity index (χ0v) is 17.3. The van der Waals surface area contributed by atoms with Gasteiger partial charge in [-0.05, 0) is 35.7 Å². The van der Waals surface area contributed by atoms with E-state index in [1.807, 2.05) is 26.0 Å². The average Bonchev–Trinajstić information content (AvgIpc) is 2.65. The van der Waals surface area contributed by atoms with Gasteiger partial charge in [-0.15, -0.1) is 12.4 Å². The van der Waals surface area contributed by atoms with Gasteiger partial charge in [0.15, 0.2) is 0 Å². The molecule has 152 valence electrons. The monoisotopic (exact) mass is 425 g/mol. The Morgan fingerprint density at radius 1 is 1.14 bits per heavy atom. The van der Waals surface area contributed by atoms with Crippen LogP contribution in [0.3, 0.4) is 0 Å². The van der Waals surface area contributed by atoms with Gasteiger partial charge in [-0.1, -0.05) is 43.6 Å². The normalized spacial score (nSPS) is 11.3. The molecular weight excluding hydrogens is 401 g/mol. The summed E-state index contributed by atoms with van der Waals surface area (Å²) in [5, 5.41) is 5.92. The largest absolute Gasteiger partial charge is 0.489 e. The van der Waals surface area contributed by atoms with Crippen LogP contribution in [0.1, 0.15) is 19.4 Å². The molecule has 2 rings (SSSR count). The number of rotatable bonds is 8. The Labute approximate surface area is 176 Å². The first-order chi connectivity index (χ1) is 12.8. The number of hydrogen-bond acceptors (Lipinski definition) is 4. The molecule has 1 atom stereocenters. The smallest absolute Gasteiger partial charge is 0.243 e. The van der Waals surface area contributed by atoms with Crippen LogP contribution in [0.15, 0.2) is 48.5 Å². The zero-order chi connectivity index (χ0) is 19.8. The SMILES string of the molecule is CC(C)[C@H](N)C(=O)NCC(=O)Nc1cccc(OCc2ccc(Cl)cc2)c1.Cl. The van der Waals surface area contributed by atoms with Crippen LogP contribution in [0.2, 0.25) is 5.02 Å². The van der Waals surface area contributed by atoms with Gasteiger partial charge in [-0.3, -0.25) is 9.59 Å². The Morgan fingerprint density at radius 3 is 2.46 bits per heavy atom. The predicted molar refractivity (Wildman–Crippen MR) is 114 cm³/mol. The van der Waals surface area contributed by atoms with Gasteiger partial charge in [-0.2, -0.15) is 0 Å². The third-order valence-corrected chi connectivity index (χ3v) is 4.13. The van der Waals surface area contributed by atoms with Crippen molar-refractivity contribution < 1.29 is 14.3 Å². The minimum atomic E-state index is -0.637. The summed E-state index contributed by atoms with van der Waals surface area (Å²) in [5.74, 6) is -0.0643. The first kappa shape index (κ1) is 23.8. The minimum absolute atomic E-state index is 0. The number of anilines is 1. The van der Waals surface area contributed by atoms with Crippen LogP contribution in [0.25, 0.3) is 0 Å². The van der Waals surface area contributed by atoms with Crippen LogP contribution >= 0.6 is 24.0 Å². The van der Waals surface area contributed by atoms with Crippen molar-refractivity contribution in [3.63, 3.8) is 0 Å². The molecule has 6 nitrogen and oxygen atoms in total. The van der Waals surface area contributed by atoms with Gasteiger partial charge in [0, 0.05) is 16.8 Å². The van der Waals surface area contributed by atoms with E-state index in [1.165, 1.54) is 0 Å². The lowest BCUT2D eigenvalue weighted by atomic mass is 10.1. The minimum Gasteiger partial charge on any atom is -0.489 e. The van der Waals surface area contributed by atoms with Crippen LogP contribution in [-0.4, -0.2) is 24.4 Å². The Balaban J connectivity index is 0.00000392. The summed E-state index contributed by atoms with van der Waals surface area (Å²) in [5.41, 5.74) is 7.30. The number of carbonyl (C=O) groups excluding carboxylic acids is 2. The van der Waals surface area contributed by atoms with Crippen LogP contribution in [0.4, 0.5) is 5.69 Å². The van der Waals surface area contributed by atoms with E-state index in [0.717, 1.165) is 5.56 Å². The summed E-state index contributed by atoms with van der Waals surface area (Å²) in [6.45, 7) is 3.94. The summed E-state index contributed by atoms with van der Waals surface area (Å²) < 4.78 is 5.73. The maximum atomic E-state index is 12.0. The summed E-state index contributed by atoms with van der Waals surface area (Å²) in [6.07, 6.45) is 0. The third kappa shape index (κ3) is 7.76. The van der Waals surface area contributed by atoms with Crippen molar-refractivity contribution >= 4 is 41.5 Å². The molecule has 2 aromatic rings. The van der Waals surface area contributed by atoms with Gasteiger partial charge >= 0.3 is 0 Å². The first-order valence-corrected chi connectivity index (χ1v) is 9.03. The van der Waals surface area contributed by atoms with Crippen molar-refractivity contribution in [2.45, 2.75) is 26.5 Å². The zero-order valence-electron chi connectivity index (χ0n) is 15.8. The molecule has 2 amide bonds. The van der Waals surface area contributed by atoms with Crippen molar-refractivity contribution in [1.29, 1.82) is 0 Å². The summed E-state index contributed by atoms with van der Waals surface area (Å²) in [6, 6.07) is 13.8. The average molecular weight is 426 g/mol. The topological polar surface area (TPSA) is 93.5 Å². The highest BCUT2D eigenvalue weighted by Gasteiger charge is 2.17. The second-order valence-electron chi connectivity index (χ2n) is 6.48. The fourth-order valence-electron chi connectivity index (χ4n) is 2.20. The van der Waals surface area contributed by atoms with Crippen molar-refractivity contribution in [2.75, 3.05) is 11.9 Å². The molecule has 0 aliphatic heterocycles. The van der Waals surface area contributed by atoms with E-state index >= 15 is 0 Å². The standard InChI is InChI=1S/C20H24ClN3O3.ClH/c1-13(2)19(22)20(26)23-11-18(25)24-16-4-3-5-17(10-16)27-12-14-6-8-15(21)9-7-14;/h3-10,13,19H,11-12,22H2,1-2H3,(H,23,26)(H,24,25);1H/t19-;/m0./s1. The van der Waals surface area contributed by atoms with E-state index in [1.54, 1.807) is 36.4 Å². The van der Waals surface area contributed by atoms with E-state index < -0.39 is 6.04 Å². The molecule has 0 saturated heterocycles. The number of carbonyl (C=O) groups is 2. The number of benzene rings is 2. The van der Waals surface area contributed by atoms with E-state index in [0.29, 0.717) is 23.1 Å². The fraction of sp³-hybridized carbons (Fsp3) is 0.300. The van der Waals surface area contributed by atoms with E-state index in [9.17, 15) is 9.59 Å². The molecule has 0 heterocycles. The van der Waals surface area contributed by atoms with Gasteiger partial charge < -0.3 is 21.1 Å². The van der Waals surface area contributed by atoms with Crippen molar-refractivity contribution in [3.05, 3.63) is 59.1 Å². The summed E-state index contributed by atoms with van der Waals surface area (Å²) in [4.78, 5) is 23.8. The number of hydrogen-bond donors (Lipinski definition) is 3. The Kier molecular flexibility index (Phi) is 9.79. The first-order valence-electron chi connectivity index (χ1n) is 8.65. The van der Waals surface area contributed by atoms with E-state index in [4.69, 9.17) is 22.1 Å². The second kappa shape index (κ2) is 11.5. The molecule has 4 N–H and O–H groups in total. The lowest BCUT2D eigenvalue weighted by Gasteiger charge is -2.15. The maximum absolute atomic E-state index is 12.0. The number of nitrogens with two attached hydrogens (primary N) is 1. The molecule has 0 fully saturated rings. The predicted octanol–water partition coefficient (Wildman–Crippen LogP) is 3.38. The summed E-state index contributed by atoms with van der Waals surface area (Å²) in [7, 11) is 0. The van der Waals surface area contributed by atoms with Gasteiger partial charge in [-0.25, -0.2) is 0 Å². The molecule has 0 unspecified atom stereocenters.